The van der Waals surface area contributed by atoms with Gasteiger partial charge in [-0.05, 0) is 11.1 Å². The van der Waals surface area contributed by atoms with Crippen LogP contribution in [0.25, 0.3) is 0 Å². The van der Waals surface area contributed by atoms with E-state index in [1.54, 1.807) is 0 Å². The largest absolute Gasteiger partial charge is 0.374 e. The van der Waals surface area contributed by atoms with E-state index in [2.05, 4.69) is 18.1 Å². The summed E-state index contributed by atoms with van der Waals surface area (Å²) in [6, 6.07) is 20.2. The Morgan fingerprint density at radius 2 is 1.58 bits per heavy atom. The van der Waals surface area contributed by atoms with E-state index in [0.29, 0.717) is 26.2 Å². The van der Waals surface area contributed by atoms with Gasteiger partial charge in [0.15, 0.2) is 0 Å². The van der Waals surface area contributed by atoms with Gasteiger partial charge in [0.05, 0.1) is 25.9 Å². The molecule has 0 radical (unpaired) electrons. The van der Waals surface area contributed by atoms with E-state index in [0.717, 1.165) is 11.1 Å². The first kappa shape index (κ1) is 16.7. The van der Waals surface area contributed by atoms with Gasteiger partial charge >= 0.3 is 0 Å². The van der Waals surface area contributed by atoms with Gasteiger partial charge in [-0.15, -0.1) is 6.42 Å². The molecule has 0 aromatic heterocycles. The maximum absolute atomic E-state index is 6.04. The lowest BCUT2D eigenvalue weighted by molar-refractivity contribution is -0.0651. The van der Waals surface area contributed by atoms with Crippen LogP contribution in [-0.2, 0) is 27.4 Å². The monoisotopic (exact) mass is 322 g/mol. The van der Waals surface area contributed by atoms with Gasteiger partial charge in [-0.1, -0.05) is 66.6 Å². The molecule has 1 aliphatic heterocycles. The van der Waals surface area contributed by atoms with Crippen LogP contribution in [0.3, 0.4) is 0 Å². The van der Waals surface area contributed by atoms with Crippen molar-refractivity contribution in [1.82, 2.24) is 0 Å². The Bertz CT molecular complexity index is 648. The maximum Gasteiger partial charge on any atom is 0.121 e. The fourth-order valence-electron chi connectivity index (χ4n) is 2.79. The second-order valence-electron chi connectivity index (χ2n) is 5.90. The molecule has 3 heteroatoms. The minimum absolute atomic E-state index is 0.0398. The van der Waals surface area contributed by atoms with Crippen LogP contribution >= 0.6 is 0 Å². The minimum Gasteiger partial charge on any atom is -0.374 e. The standard InChI is InChI=1S/C21H22O3/c1-2-19-13-20(23-15-18-11-7-4-8-12-18)21(24-19)16-22-14-17-9-5-3-6-10-17/h1,3-12,19-21H,13-16H2/t19-,20-,21+/m0/s1. The predicted octanol–water partition coefficient (Wildman–Crippen LogP) is 3.58. The zero-order valence-corrected chi connectivity index (χ0v) is 13.6. The molecular weight excluding hydrogens is 300 g/mol. The van der Waals surface area contributed by atoms with Crippen LogP contribution in [0.1, 0.15) is 17.5 Å². The van der Waals surface area contributed by atoms with Crippen molar-refractivity contribution in [3.8, 4) is 12.3 Å². The summed E-state index contributed by atoms with van der Waals surface area (Å²) >= 11 is 0. The zero-order valence-electron chi connectivity index (χ0n) is 13.6. The summed E-state index contributed by atoms with van der Waals surface area (Å²) in [5, 5.41) is 0. The third kappa shape index (κ3) is 4.69. The van der Waals surface area contributed by atoms with Crippen LogP contribution in [0.15, 0.2) is 60.7 Å². The molecule has 3 atom stereocenters. The molecule has 2 aromatic rings. The van der Waals surface area contributed by atoms with Crippen molar-refractivity contribution in [3.63, 3.8) is 0 Å². The van der Waals surface area contributed by atoms with Gasteiger partial charge < -0.3 is 14.2 Å². The number of terminal acetylenes is 1. The summed E-state index contributed by atoms with van der Waals surface area (Å²) in [5.41, 5.74) is 2.29. The number of hydrogen-bond acceptors (Lipinski definition) is 3. The molecule has 1 heterocycles. The normalized spacial score (nSPS) is 23.0. The van der Waals surface area contributed by atoms with E-state index in [-0.39, 0.29) is 18.3 Å². The first-order chi connectivity index (χ1) is 11.8. The Labute approximate surface area is 143 Å². The topological polar surface area (TPSA) is 27.7 Å². The number of benzene rings is 2. The van der Waals surface area contributed by atoms with Crippen LogP contribution in [0.5, 0.6) is 0 Å². The van der Waals surface area contributed by atoms with Crippen LogP contribution in [0.2, 0.25) is 0 Å². The third-order valence-electron chi connectivity index (χ3n) is 4.09. The summed E-state index contributed by atoms with van der Waals surface area (Å²) in [4.78, 5) is 0. The molecule has 0 N–H and O–H groups in total. The van der Waals surface area contributed by atoms with E-state index in [9.17, 15) is 0 Å². The molecule has 1 fully saturated rings. The van der Waals surface area contributed by atoms with Gasteiger partial charge in [-0.3, -0.25) is 0 Å². The van der Waals surface area contributed by atoms with E-state index in [4.69, 9.17) is 20.6 Å². The summed E-state index contributed by atoms with van der Waals surface area (Å²) in [6.07, 6.45) is 5.86. The molecule has 0 saturated carbocycles. The highest BCUT2D eigenvalue weighted by Crippen LogP contribution is 2.24. The quantitative estimate of drug-likeness (QED) is 0.729. The number of ether oxygens (including phenoxy) is 3. The first-order valence-electron chi connectivity index (χ1n) is 8.24. The van der Waals surface area contributed by atoms with Crippen LogP contribution in [-0.4, -0.2) is 24.9 Å². The minimum atomic E-state index is -0.198. The van der Waals surface area contributed by atoms with Gasteiger partial charge in [-0.25, -0.2) is 0 Å². The Balaban J connectivity index is 1.50. The molecule has 2 aromatic carbocycles. The van der Waals surface area contributed by atoms with Gasteiger partial charge in [0, 0.05) is 6.42 Å². The summed E-state index contributed by atoms with van der Waals surface area (Å²) in [6.45, 7) is 1.60. The third-order valence-corrected chi connectivity index (χ3v) is 4.09. The second-order valence-corrected chi connectivity index (χ2v) is 5.90. The molecular formula is C21H22O3. The fourth-order valence-corrected chi connectivity index (χ4v) is 2.79. The number of rotatable bonds is 7. The van der Waals surface area contributed by atoms with Gasteiger partial charge in [0.1, 0.15) is 12.2 Å². The Kier molecular flexibility index (Phi) is 6.03. The van der Waals surface area contributed by atoms with E-state index < -0.39 is 0 Å². The molecule has 0 spiro atoms. The van der Waals surface area contributed by atoms with E-state index in [1.807, 2.05) is 48.5 Å². The first-order valence-corrected chi connectivity index (χ1v) is 8.24. The van der Waals surface area contributed by atoms with Crippen molar-refractivity contribution in [2.45, 2.75) is 37.9 Å². The second kappa shape index (κ2) is 8.65. The lowest BCUT2D eigenvalue weighted by Crippen LogP contribution is -2.29. The van der Waals surface area contributed by atoms with Crippen molar-refractivity contribution < 1.29 is 14.2 Å². The van der Waals surface area contributed by atoms with Crippen molar-refractivity contribution in [2.24, 2.45) is 0 Å². The summed E-state index contributed by atoms with van der Waals surface area (Å²) < 4.78 is 17.7. The van der Waals surface area contributed by atoms with Crippen LogP contribution in [0, 0.1) is 12.3 Å². The summed E-state index contributed by atoms with van der Waals surface area (Å²) in [7, 11) is 0. The van der Waals surface area contributed by atoms with Crippen molar-refractivity contribution in [3.05, 3.63) is 71.8 Å². The number of hydrogen-bond donors (Lipinski definition) is 0. The van der Waals surface area contributed by atoms with E-state index in [1.165, 1.54) is 0 Å². The smallest absolute Gasteiger partial charge is 0.121 e. The molecule has 3 rings (SSSR count). The predicted molar refractivity (Wildman–Crippen MR) is 93.2 cm³/mol. The van der Waals surface area contributed by atoms with Crippen molar-refractivity contribution in [1.29, 1.82) is 0 Å². The van der Waals surface area contributed by atoms with Gasteiger partial charge in [0.25, 0.3) is 0 Å². The molecule has 0 aliphatic carbocycles. The van der Waals surface area contributed by atoms with Gasteiger partial charge in [0.2, 0.25) is 0 Å². The SMILES string of the molecule is C#C[C@H]1C[C@H](OCc2ccccc2)[C@@H](COCc2ccccc2)O1. The van der Waals surface area contributed by atoms with Gasteiger partial charge in [-0.2, -0.15) is 0 Å². The highest BCUT2D eigenvalue weighted by molar-refractivity contribution is 5.14. The lowest BCUT2D eigenvalue weighted by atomic mass is 10.1. The highest BCUT2D eigenvalue weighted by Gasteiger charge is 2.35. The highest BCUT2D eigenvalue weighted by atomic mass is 16.6. The Morgan fingerprint density at radius 3 is 2.21 bits per heavy atom. The molecule has 0 unspecified atom stereocenters. The molecule has 3 nitrogen and oxygen atoms in total. The lowest BCUT2D eigenvalue weighted by Gasteiger charge is -2.19. The molecule has 24 heavy (non-hydrogen) atoms. The Hall–Kier alpha value is -2.12. The fraction of sp³-hybridized carbons (Fsp3) is 0.333. The average Bonchev–Trinajstić information content (AvgIpc) is 3.04. The maximum atomic E-state index is 6.04. The molecule has 1 saturated heterocycles. The van der Waals surface area contributed by atoms with Crippen molar-refractivity contribution >= 4 is 0 Å². The average molecular weight is 322 g/mol. The molecule has 124 valence electrons. The van der Waals surface area contributed by atoms with Crippen LogP contribution in [0.4, 0.5) is 0 Å². The van der Waals surface area contributed by atoms with Crippen molar-refractivity contribution in [2.75, 3.05) is 6.61 Å². The van der Waals surface area contributed by atoms with E-state index >= 15 is 0 Å². The molecule has 1 aliphatic rings. The summed E-state index contributed by atoms with van der Waals surface area (Å²) in [5.74, 6) is 2.67. The Morgan fingerprint density at radius 1 is 0.958 bits per heavy atom. The van der Waals surface area contributed by atoms with Crippen LogP contribution < -0.4 is 0 Å². The molecule has 0 bridgehead atoms. The molecule has 0 amide bonds. The zero-order chi connectivity index (χ0) is 16.6.